The van der Waals surface area contributed by atoms with Gasteiger partial charge in [0.25, 0.3) is 5.91 Å². The Morgan fingerprint density at radius 1 is 1.38 bits per heavy atom. The summed E-state index contributed by atoms with van der Waals surface area (Å²) in [5.74, 6) is 0.473. The molecule has 0 aromatic carbocycles. The van der Waals surface area contributed by atoms with Gasteiger partial charge >= 0.3 is 0 Å². The molecule has 4 rings (SSSR count). The fourth-order valence-corrected chi connectivity index (χ4v) is 3.25. The molecule has 0 bridgehead atoms. The van der Waals surface area contributed by atoms with Crippen molar-refractivity contribution >= 4 is 11.6 Å². The summed E-state index contributed by atoms with van der Waals surface area (Å²) in [7, 11) is 1.57. The molecule has 0 aliphatic heterocycles. The Bertz CT molecular complexity index is 902. The molecule has 134 valence electrons. The fourth-order valence-electron chi connectivity index (χ4n) is 3.25. The standard InChI is InChI=1S/C18H19N5O3/c1-26-14-7-12(9-19-10-14)17(11-5-13(24)6-11)21-18(25)15-8-16-20-3-2-4-23(16)22-15/h2-4,7-11,13,17,24H,5-6H2,1H3,(H,21,25)/t11?,13?,17-/m0/s1. The van der Waals surface area contributed by atoms with Gasteiger partial charge in [0.05, 0.1) is 25.5 Å². The number of hydrogen-bond acceptors (Lipinski definition) is 6. The van der Waals surface area contributed by atoms with Crippen molar-refractivity contribution in [3.8, 4) is 5.75 Å². The first-order chi connectivity index (χ1) is 12.6. The normalized spacial score (nSPS) is 20.4. The summed E-state index contributed by atoms with van der Waals surface area (Å²) in [6, 6.07) is 4.98. The first-order valence-corrected chi connectivity index (χ1v) is 8.42. The van der Waals surface area contributed by atoms with Crippen LogP contribution >= 0.6 is 0 Å². The highest BCUT2D eigenvalue weighted by Gasteiger charge is 2.36. The SMILES string of the molecule is COc1cncc([C@@H](NC(=O)c2cc3ncccn3n2)C2CC(O)C2)c1. The number of aliphatic hydroxyl groups excluding tert-OH is 1. The molecule has 8 heteroatoms. The van der Waals surface area contributed by atoms with Crippen LogP contribution in [0.1, 0.15) is 34.9 Å². The van der Waals surface area contributed by atoms with Crippen molar-refractivity contribution < 1.29 is 14.6 Å². The third kappa shape index (κ3) is 3.11. The van der Waals surface area contributed by atoms with Crippen molar-refractivity contribution in [1.82, 2.24) is 24.9 Å². The number of nitrogens with zero attached hydrogens (tertiary/aromatic N) is 4. The van der Waals surface area contributed by atoms with E-state index in [-0.39, 0.29) is 24.0 Å². The third-order valence-electron chi connectivity index (χ3n) is 4.71. The van der Waals surface area contributed by atoms with E-state index in [0.29, 0.717) is 29.9 Å². The van der Waals surface area contributed by atoms with Crippen LogP contribution in [-0.4, -0.2) is 43.8 Å². The van der Waals surface area contributed by atoms with E-state index >= 15 is 0 Å². The van der Waals surface area contributed by atoms with Crippen molar-refractivity contribution in [3.63, 3.8) is 0 Å². The van der Waals surface area contributed by atoms with E-state index in [0.717, 1.165) is 5.56 Å². The lowest BCUT2D eigenvalue weighted by atomic mass is 9.75. The molecule has 0 saturated heterocycles. The molecule has 1 fully saturated rings. The lowest BCUT2D eigenvalue weighted by Gasteiger charge is -2.38. The smallest absolute Gasteiger partial charge is 0.272 e. The van der Waals surface area contributed by atoms with Gasteiger partial charge in [0, 0.05) is 24.7 Å². The maximum atomic E-state index is 12.7. The van der Waals surface area contributed by atoms with Crippen molar-refractivity contribution in [3.05, 3.63) is 54.2 Å². The van der Waals surface area contributed by atoms with Crippen LogP contribution in [-0.2, 0) is 0 Å². The number of methoxy groups -OCH3 is 1. The number of hydrogen-bond donors (Lipinski definition) is 2. The second-order valence-corrected chi connectivity index (χ2v) is 6.45. The zero-order chi connectivity index (χ0) is 18.1. The molecular weight excluding hydrogens is 334 g/mol. The Kier molecular flexibility index (Phi) is 4.26. The Hall–Kier alpha value is -3.00. The van der Waals surface area contributed by atoms with Gasteiger partial charge in [0.2, 0.25) is 0 Å². The average Bonchev–Trinajstić information content (AvgIpc) is 3.08. The molecular formula is C18H19N5O3. The number of fused-ring (bicyclic) bond motifs is 1. The Morgan fingerprint density at radius 2 is 2.23 bits per heavy atom. The Balaban J connectivity index is 1.60. The number of carbonyl (C=O) groups is 1. The molecule has 3 aromatic rings. The van der Waals surface area contributed by atoms with Crippen LogP contribution < -0.4 is 10.1 Å². The first kappa shape index (κ1) is 16.5. The first-order valence-electron chi connectivity index (χ1n) is 8.42. The molecule has 8 nitrogen and oxygen atoms in total. The van der Waals surface area contributed by atoms with Gasteiger partial charge in [-0.2, -0.15) is 5.10 Å². The molecule has 1 amide bonds. The van der Waals surface area contributed by atoms with Gasteiger partial charge in [0.1, 0.15) is 5.75 Å². The van der Waals surface area contributed by atoms with E-state index in [2.05, 4.69) is 20.4 Å². The number of nitrogens with one attached hydrogen (secondary N) is 1. The zero-order valence-electron chi connectivity index (χ0n) is 14.2. The maximum Gasteiger partial charge on any atom is 0.272 e. The van der Waals surface area contributed by atoms with Gasteiger partial charge in [-0.05, 0) is 36.5 Å². The highest BCUT2D eigenvalue weighted by molar-refractivity contribution is 5.93. The summed E-state index contributed by atoms with van der Waals surface area (Å²) in [6.07, 6.45) is 7.67. The number of rotatable bonds is 5. The molecule has 1 aliphatic rings. The van der Waals surface area contributed by atoms with Crippen molar-refractivity contribution in [2.45, 2.75) is 25.0 Å². The number of amides is 1. The topological polar surface area (TPSA) is 102 Å². The van der Waals surface area contributed by atoms with Crippen molar-refractivity contribution in [2.24, 2.45) is 5.92 Å². The summed E-state index contributed by atoms with van der Waals surface area (Å²) in [4.78, 5) is 21.1. The van der Waals surface area contributed by atoms with Crippen LogP contribution in [0.4, 0.5) is 0 Å². The lowest BCUT2D eigenvalue weighted by molar-refractivity contribution is 0.0234. The molecule has 0 radical (unpaired) electrons. The van der Waals surface area contributed by atoms with E-state index < -0.39 is 0 Å². The highest BCUT2D eigenvalue weighted by atomic mass is 16.5. The largest absolute Gasteiger partial charge is 0.495 e. The second-order valence-electron chi connectivity index (χ2n) is 6.45. The van der Waals surface area contributed by atoms with Gasteiger partial charge in [0.15, 0.2) is 11.3 Å². The number of aromatic nitrogens is 4. The minimum atomic E-state index is -0.322. The van der Waals surface area contributed by atoms with E-state index in [9.17, 15) is 9.90 Å². The van der Waals surface area contributed by atoms with Crippen LogP contribution in [0.2, 0.25) is 0 Å². The van der Waals surface area contributed by atoms with Crippen LogP contribution in [0.25, 0.3) is 5.65 Å². The molecule has 26 heavy (non-hydrogen) atoms. The number of ether oxygens (including phenoxy) is 1. The third-order valence-corrected chi connectivity index (χ3v) is 4.71. The summed E-state index contributed by atoms with van der Waals surface area (Å²) in [5.41, 5.74) is 1.75. The number of pyridine rings is 1. The molecule has 1 saturated carbocycles. The summed E-state index contributed by atoms with van der Waals surface area (Å²) < 4.78 is 6.80. The fraction of sp³-hybridized carbons (Fsp3) is 0.333. The second kappa shape index (κ2) is 6.72. The minimum absolute atomic E-state index is 0.137. The van der Waals surface area contributed by atoms with Gasteiger partial charge in [-0.15, -0.1) is 0 Å². The Morgan fingerprint density at radius 3 is 2.96 bits per heavy atom. The quantitative estimate of drug-likeness (QED) is 0.718. The van der Waals surface area contributed by atoms with Crippen molar-refractivity contribution in [1.29, 1.82) is 0 Å². The molecule has 3 aromatic heterocycles. The van der Waals surface area contributed by atoms with Crippen LogP contribution in [0.15, 0.2) is 43.0 Å². The number of carbonyl (C=O) groups excluding carboxylic acids is 1. The predicted octanol–water partition coefficient (Wildman–Crippen LogP) is 1.37. The van der Waals surface area contributed by atoms with E-state index in [4.69, 9.17) is 4.74 Å². The maximum absolute atomic E-state index is 12.7. The molecule has 0 spiro atoms. The minimum Gasteiger partial charge on any atom is -0.495 e. The van der Waals surface area contributed by atoms with Crippen LogP contribution in [0.3, 0.4) is 0 Å². The molecule has 3 heterocycles. The van der Waals surface area contributed by atoms with Crippen LogP contribution in [0.5, 0.6) is 5.75 Å². The van der Waals surface area contributed by atoms with Gasteiger partial charge in [-0.25, -0.2) is 9.50 Å². The Labute approximate surface area is 149 Å². The van der Waals surface area contributed by atoms with Gasteiger partial charge in [-0.1, -0.05) is 0 Å². The summed E-state index contributed by atoms with van der Waals surface area (Å²) >= 11 is 0. The van der Waals surface area contributed by atoms with E-state index in [1.807, 2.05) is 6.07 Å². The van der Waals surface area contributed by atoms with Crippen molar-refractivity contribution in [2.75, 3.05) is 7.11 Å². The average molecular weight is 353 g/mol. The van der Waals surface area contributed by atoms with E-state index in [1.165, 1.54) is 0 Å². The molecule has 0 unspecified atom stereocenters. The zero-order valence-corrected chi connectivity index (χ0v) is 14.2. The summed E-state index contributed by atoms with van der Waals surface area (Å²) in [5, 5.41) is 17.0. The molecule has 2 N–H and O–H groups in total. The van der Waals surface area contributed by atoms with Gasteiger partial charge in [-0.3, -0.25) is 9.78 Å². The van der Waals surface area contributed by atoms with Gasteiger partial charge < -0.3 is 15.2 Å². The van der Waals surface area contributed by atoms with E-state index in [1.54, 1.807) is 48.5 Å². The molecule has 1 atom stereocenters. The highest BCUT2D eigenvalue weighted by Crippen LogP contribution is 2.38. The molecule has 1 aliphatic carbocycles. The lowest BCUT2D eigenvalue weighted by Crippen LogP contribution is -2.41. The monoisotopic (exact) mass is 353 g/mol. The van der Waals surface area contributed by atoms with Crippen LogP contribution in [0, 0.1) is 5.92 Å². The number of aliphatic hydroxyl groups is 1. The predicted molar refractivity (Wildman–Crippen MR) is 92.7 cm³/mol. The summed E-state index contributed by atoms with van der Waals surface area (Å²) in [6.45, 7) is 0.